The van der Waals surface area contributed by atoms with Crippen LogP contribution < -0.4 is 14.8 Å². The van der Waals surface area contributed by atoms with E-state index in [-0.39, 0.29) is 28.0 Å². The molecule has 0 saturated carbocycles. The minimum atomic E-state index is -1.09. The highest BCUT2D eigenvalue weighted by Crippen LogP contribution is 2.43. The Labute approximate surface area is 216 Å². The van der Waals surface area contributed by atoms with E-state index in [2.05, 4.69) is 15.3 Å². The third kappa shape index (κ3) is 4.56. The Morgan fingerprint density at radius 1 is 1.11 bits per heavy atom. The average molecular weight is 519 g/mol. The SMILES string of the molecule is COc1cc(Nc2ncc3c(n2)C2=CN=C(Cl)C=C(c4c(F)cccc4OC)C2=CC3)ccc1C(=O)O. The molecule has 0 saturated heterocycles. The van der Waals surface area contributed by atoms with Crippen LogP contribution in [0.15, 0.2) is 71.5 Å². The molecule has 2 heterocycles. The van der Waals surface area contributed by atoms with Crippen LogP contribution >= 0.6 is 11.6 Å². The summed E-state index contributed by atoms with van der Waals surface area (Å²) in [6, 6.07) is 9.22. The summed E-state index contributed by atoms with van der Waals surface area (Å²) in [7, 11) is 2.88. The van der Waals surface area contributed by atoms with Crippen LogP contribution in [0.1, 0.15) is 27.2 Å². The molecule has 0 fully saturated rings. The Balaban J connectivity index is 1.55. The number of ether oxygens (including phenoxy) is 2. The standard InChI is InChI=1S/C27H20ClFN4O4/c1-36-21-5-3-4-20(29)24(21)18-11-23(28)30-13-19-16(18)8-6-14-12-31-27(33-25(14)19)32-15-7-9-17(26(34)35)22(10-15)37-2/h3-5,7-13H,6H2,1-2H3,(H,34,35)(H,31,32,33). The Bertz CT molecular complexity index is 1560. The molecule has 2 N–H and O–H groups in total. The van der Waals surface area contributed by atoms with Crippen LogP contribution in [-0.4, -0.2) is 40.4 Å². The first-order valence-electron chi connectivity index (χ1n) is 11.1. The summed E-state index contributed by atoms with van der Waals surface area (Å²) >= 11 is 6.35. The Kier molecular flexibility index (Phi) is 6.45. The Morgan fingerprint density at radius 2 is 1.92 bits per heavy atom. The molecule has 2 aromatic carbocycles. The molecule has 8 nitrogen and oxygen atoms in total. The maximum absolute atomic E-state index is 15.0. The molecular weight excluding hydrogens is 499 g/mol. The van der Waals surface area contributed by atoms with Crippen molar-refractivity contribution in [2.24, 2.45) is 4.99 Å². The predicted octanol–water partition coefficient (Wildman–Crippen LogP) is 5.63. The van der Waals surface area contributed by atoms with Gasteiger partial charge >= 0.3 is 5.97 Å². The number of rotatable bonds is 6. The fraction of sp³-hybridized carbons (Fsp3) is 0.111. The van der Waals surface area contributed by atoms with Gasteiger partial charge in [-0.25, -0.2) is 24.1 Å². The van der Waals surface area contributed by atoms with Gasteiger partial charge in [0.25, 0.3) is 0 Å². The lowest BCUT2D eigenvalue weighted by Gasteiger charge is -2.22. The summed E-state index contributed by atoms with van der Waals surface area (Å²) in [5.74, 6) is -0.703. The molecule has 1 aliphatic carbocycles. The van der Waals surface area contributed by atoms with Crippen LogP contribution in [0.2, 0.25) is 0 Å². The Hall–Kier alpha value is -4.50. The molecule has 37 heavy (non-hydrogen) atoms. The third-order valence-corrected chi connectivity index (χ3v) is 6.17. The van der Waals surface area contributed by atoms with E-state index in [1.165, 1.54) is 26.4 Å². The van der Waals surface area contributed by atoms with Crippen molar-refractivity contribution in [2.75, 3.05) is 19.5 Å². The highest BCUT2D eigenvalue weighted by molar-refractivity contribution is 6.69. The van der Waals surface area contributed by atoms with Crippen molar-refractivity contribution in [3.8, 4) is 11.5 Å². The molecule has 5 rings (SSSR count). The largest absolute Gasteiger partial charge is 0.496 e. The van der Waals surface area contributed by atoms with Crippen LogP contribution in [0, 0.1) is 5.82 Å². The van der Waals surface area contributed by atoms with Gasteiger partial charge in [0.05, 0.1) is 25.5 Å². The zero-order valence-corrected chi connectivity index (χ0v) is 20.5. The molecule has 2 aliphatic rings. The van der Waals surface area contributed by atoms with E-state index in [1.54, 1.807) is 42.7 Å². The van der Waals surface area contributed by atoms with Crippen molar-refractivity contribution < 1.29 is 23.8 Å². The predicted molar refractivity (Wildman–Crippen MR) is 139 cm³/mol. The van der Waals surface area contributed by atoms with Crippen molar-refractivity contribution in [1.29, 1.82) is 0 Å². The number of aromatic nitrogens is 2. The zero-order valence-electron chi connectivity index (χ0n) is 19.8. The van der Waals surface area contributed by atoms with E-state index in [0.29, 0.717) is 40.3 Å². The van der Waals surface area contributed by atoms with Gasteiger partial charge < -0.3 is 19.9 Å². The zero-order chi connectivity index (χ0) is 26.1. The van der Waals surface area contributed by atoms with Crippen LogP contribution in [0.4, 0.5) is 16.0 Å². The molecule has 0 atom stereocenters. The maximum atomic E-state index is 15.0. The topological polar surface area (TPSA) is 106 Å². The molecule has 0 amide bonds. The first-order chi connectivity index (χ1) is 17.9. The van der Waals surface area contributed by atoms with Crippen molar-refractivity contribution in [3.63, 3.8) is 0 Å². The monoisotopic (exact) mass is 518 g/mol. The first-order valence-corrected chi connectivity index (χ1v) is 11.5. The quantitative estimate of drug-likeness (QED) is 0.435. The summed E-state index contributed by atoms with van der Waals surface area (Å²) in [5.41, 5.74) is 4.22. The van der Waals surface area contributed by atoms with Gasteiger partial charge in [0.1, 0.15) is 28.1 Å². The average Bonchev–Trinajstić information content (AvgIpc) is 3.06. The molecule has 186 valence electrons. The van der Waals surface area contributed by atoms with Gasteiger partial charge in [0.15, 0.2) is 0 Å². The number of nitrogens with zero attached hydrogens (tertiary/aromatic N) is 3. The fourth-order valence-electron chi connectivity index (χ4n) is 4.26. The summed E-state index contributed by atoms with van der Waals surface area (Å²) in [6.07, 6.45) is 7.38. The molecule has 1 aliphatic heterocycles. The molecule has 0 unspecified atom stereocenters. The molecule has 0 radical (unpaired) electrons. The third-order valence-electron chi connectivity index (χ3n) is 5.96. The number of hydrogen-bond donors (Lipinski definition) is 2. The number of hydrogen-bond acceptors (Lipinski definition) is 7. The second kappa shape index (κ2) is 9.87. The molecule has 0 bridgehead atoms. The van der Waals surface area contributed by atoms with Crippen LogP contribution in [0.5, 0.6) is 11.5 Å². The fourth-order valence-corrected chi connectivity index (χ4v) is 4.42. The number of halogens is 2. The number of anilines is 2. The lowest BCUT2D eigenvalue weighted by molar-refractivity contribution is 0.0693. The molecule has 0 spiro atoms. The number of aliphatic imine (C=N–C) groups is 1. The number of fused-ring (bicyclic) bond motifs is 3. The van der Waals surface area contributed by atoms with Crippen LogP contribution in [-0.2, 0) is 6.42 Å². The number of nitrogens with one attached hydrogen (secondary N) is 1. The van der Waals surface area contributed by atoms with E-state index in [4.69, 9.17) is 26.1 Å². The lowest BCUT2D eigenvalue weighted by Crippen LogP contribution is -2.10. The number of methoxy groups -OCH3 is 2. The smallest absolute Gasteiger partial charge is 0.339 e. The van der Waals surface area contributed by atoms with Gasteiger partial charge in [-0.2, -0.15) is 0 Å². The highest BCUT2D eigenvalue weighted by atomic mass is 35.5. The van der Waals surface area contributed by atoms with Crippen molar-refractivity contribution in [2.45, 2.75) is 6.42 Å². The van der Waals surface area contributed by atoms with E-state index in [9.17, 15) is 9.90 Å². The van der Waals surface area contributed by atoms with Crippen molar-refractivity contribution >= 4 is 45.5 Å². The van der Waals surface area contributed by atoms with Crippen molar-refractivity contribution in [1.82, 2.24) is 9.97 Å². The van der Waals surface area contributed by atoms with Gasteiger partial charge in [-0.1, -0.05) is 23.7 Å². The second-order valence-electron chi connectivity index (χ2n) is 8.10. The highest BCUT2D eigenvalue weighted by Gasteiger charge is 2.27. The van der Waals surface area contributed by atoms with Gasteiger partial charge in [-0.15, -0.1) is 0 Å². The second-order valence-corrected chi connectivity index (χ2v) is 8.49. The molecular formula is C27H20ClFN4O4. The van der Waals surface area contributed by atoms with E-state index >= 15 is 4.39 Å². The number of carboxylic acids is 1. The normalized spacial score (nSPS) is 14.2. The Morgan fingerprint density at radius 3 is 2.68 bits per heavy atom. The molecule has 10 heteroatoms. The van der Waals surface area contributed by atoms with Gasteiger partial charge in [-0.05, 0) is 47.9 Å². The number of aromatic carboxylic acids is 1. The van der Waals surface area contributed by atoms with Gasteiger partial charge in [0, 0.05) is 35.3 Å². The minimum Gasteiger partial charge on any atom is -0.496 e. The van der Waals surface area contributed by atoms with E-state index in [1.807, 2.05) is 6.08 Å². The summed E-state index contributed by atoms with van der Waals surface area (Å²) in [4.78, 5) is 24.8. The number of allylic oxidation sites excluding steroid dienone is 5. The lowest BCUT2D eigenvalue weighted by atomic mass is 9.84. The summed E-state index contributed by atoms with van der Waals surface area (Å²) < 4.78 is 25.7. The molecule has 3 aromatic rings. The number of carboxylic acid groups (broad SMARTS) is 1. The van der Waals surface area contributed by atoms with E-state index < -0.39 is 11.8 Å². The van der Waals surface area contributed by atoms with Crippen LogP contribution in [0.3, 0.4) is 0 Å². The minimum absolute atomic E-state index is 0.0374. The van der Waals surface area contributed by atoms with Gasteiger partial charge in [-0.3, -0.25) is 0 Å². The first kappa shape index (κ1) is 24.2. The summed E-state index contributed by atoms with van der Waals surface area (Å²) in [6.45, 7) is 0. The number of carbonyl (C=O) groups is 1. The van der Waals surface area contributed by atoms with Crippen molar-refractivity contribution in [3.05, 3.63) is 94.7 Å². The van der Waals surface area contributed by atoms with Gasteiger partial charge in [0.2, 0.25) is 5.95 Å². The molecule has 1 aromatic heterocycles. The van der Waals surface area contributed by atoms with Crippen LogP contribution in [0.25, 0.3) is 11.1 Å². The maximum Gasteiger partial charge on any atom is 0.339 e. The van der Waals surface area contributed by atoms with E-state index in [0.717, 1.165) is 5.56 Å². The number of benzene rings is 2. The summed E-state index contributed by atoms with van der Waals surface area (Å²) in [5, 5.41) is 12.6.